The summed E-state index contributed by atoms with van der Waals surface area (Å²) in [6, 6.07) is 9.75. The van der Waals surface area contributed by atoms with Crippen LogP contribution in [0.2, 0.25) is 5.02 Å². The predicted octanol–water partition coefficient (Wildman–Crippen LogP) is 4.70. The van der Waals surface area contributed by atoms with Crippen LogP contribution in [-0.4, -0.2) is 35.1 Å². The number of carbonyl (C=O) groups excluding carboxylic acids is 2. The second kappa shape index (κ2) is 9.47. The van der Waals surface area contributed by atoms with Crippen molar-refractivity contribution in [2.45, 2.75) is 38.1 Å². The third kappa shape index (κ3) is 4.88. The molecule has 0 saturated heterocycles. The van der Waals surface area contributed by atoms with Crippen LogP contribution >= 0.6 is 11.6 Å². The van der Waals surface area contributed by atoms with Crippen molar-refractivity contribution < 1.29 is 14.0 Å². The van der Waals surface area contributed by atoms with Gasteiger partial charge in [0, 0.05) is 18.0 Å². The zero-order valence-corrected chi connectivity index (χ0v) is 17.7. The number of hydrogen-bond acceptors (Lipinski definition) is 3. The summed E-state index contributed by atoms with van der Waals surface area (Å²) in [5, 5.41) is 11.2. The lowest BCUT2D eigenvalue weighted by molar-refractivity contribution is -0.107. The molecule has 2 aromatic carbocycles. The van der Waals surface area contributed by atoms with Crippen LogP contribution in [0.5, 0.6) is 0 Å². The number of amides is 2. The Morgan fingerprint density at radius 3 is 2.81 bits per heavy atom. The number of carbonyl (C=O) groups is 2. The second-order valence-corrected chi connectivity index (χ2v) is 8.42. The van der Waals surface area contributed by atoms with E-state index < -0.39 is 5.82 Å². The molecule has 1 aromatic heterocycles. The van der Waals surface area contributed by atoms with Crippen LogP contribution in [0.15, 0.2) is 42.6 Å². The average molecular weight is 443 g/mol. The van der Waals surface area contributed by atoms with E-state index in [1.807, 2.05) is 12.1 Å². The number of H-pyrrole nitrogens is 1. The van der Waals surface area contributed by atoms with Crippen LogP contribution in [0, 0.1) is 11.7 Å². The monoisotopic (exact) mass is 442 g/mol. The maximum Gasteiger partial charge on any atom is 0.253 e. The van der Waals surface area contributed by atoms with Gasteiger partial charge in [0.15, 0.2) is 0 Å². The highest BCUT2D eigenvalue weighted by Gasteiger charge is 2.24. The van der Waals surface area contributed by atoms with Crippen LogP contribution in [0.1, 0.15) is 42.5 Å². The van der Waals surface area contributed by atoms with Crippen LogP contribution in [0.3, 0.4) is 0 Å². The van der Waals surface area contributed by atoms with E-state index in [0.717, 1.165) is 49.4 Å². The Morgan fingerprint density at radius 2 is 2.06 bits per heavy atom. The Labute approximate surface area is 184 Å². The Morgan fingerprint density at radius 1 is 1.26 bits per heavy atom. The Bertz CT molecular complexity index is 1080. The number of nitrogens with one attached hydrogen (secondary N) is 2. The molecule has 0 bridgehead atoms. The van der Waals surface area contributed by atoms with E-state index in [2.05, 4.69) is 15.5 Å². The highest BCUT2D eigenvalue weighted by Crippen LogP contribution is 2.30. The lowest BCUT2D eigenvalue weighted by atomic mass is 9.84. The van der Waals surface area contributed by atoms with Gasteiger partial charge in [0.1, 0.15) is 5.82 Å². The number of halogens is 2. The summed E-state index contributed by atoms with van der Waals surface area (Å²) in [4.78, 5) is 25.8. The molecular formula is C23H24ClFN4O2. The van der Waals surface area contributed by atoms with Gasteiger partial charge >= 0.3 is 0 Å². The zero-order chi connectivity index (χ0) is 21.8. The molecule has 1 heterocycles. The van der Waals surface area contributed by atoms with Crippen molar-refractivity contribution in [3.8, 4) is 0 Å². The normalized spacial score (nSPS) is 18.6. The standard InChI is InChI=1S/C23H24ClFN4O2/c24-20-12-17(25)6-9-21(20)29(14-30)11-10-15-4-7-18(8-5-15)27-23(31)19-3-1-2-16-13-26-28-22(16)19/h1-3,6,9,12-15,18H,4-5,7-8,10-11H2,(H,26,28)(H,27,31)/t15-,18+. The minimum Gasteiger partial charge on any atom is -0.349 e. The van der Waals surface area contributed by atoms with E-state index in [1.165, 1.54) is 23.1 Å². The summed E-state index contributed by atoms with van der Waals surface area (Å²) < 4.78 is 13.3. The maximum absolute atomic E-state index is 13.3. The molecular weight excluding hydrogens is 419 g/mol. The Kier molecular flexibility index (Phi) is 6.51. The van der Waals surface area contributed by atoms with E-state index in [1.54, 1.807) is 12.3 Å². The second-order valence-electron chi connectivity index (χ2n) is 8.01. The molecule has 1 aliphatic carbocycles. The molecule has 0 spiro atoms. The molecule has 0 unspecified atom stereocenters. The first-order valence-electron chi connectivity index (χ1n) is 10.4. The maximum atomic E-state index is 13.3. The lowest BCUT2D eigenvalue weighted by Crippen LogP contribution is -2.38. The van der Waals surface area contributed by atoms with Gasteiger partial charge in [-0.15, -0.1) is 0 Å². The van der Waals surface area contributed by atoms with Crippen molar-refractivity contribution >= 4 is 40.5 Å². The van der Waals surface area contributed by atoms with Gasteiger partial charge in [-0.3, -0.25) is 14.7 Å². The molecule has 2 amide bonds. The molecule has 31 heavy (non-hydrogen) atoms. The molecule has 1 fully saturated rings. The van der Waals surface area contributed by atoms with Gasteiger partial charge in [0.05, 0.1) is 28.0 Å². The summed E-state index contributed by atoms with van der Waals surface area (Å²) in [7, 11) is 0. The first kappa shape index (κ1) is 21.3. The molecule has 1 aliphatic rings. The van der Waals surface area contributed by atoms with Crippen molar-refractivity contribution in [3.05, 3.63) is 59.0 Å². The van der Waals surface area contributed by atoms with Crippen molar-refractivity contribution in [2.75, 3.05) is 11.4 Å². The predicted molar refractivity (Wildman–Crippen MR) is 119 cm³/mol. The topological polar surface area (TPSA) is 78.1 Å². The first-order valence-corrected chi connectivity index (χ1v) is 10.8. The first-order chi connectivity index (χ1) is 15.0. The minimum absolute atomic E-state index is 0.0867. The number of aromatic amines is 1. The van der Waals surface area contributed by atoms with Crippen molar-refractivity contribution in [1.82, 2.24) is 15.5 Å². The minimum atomic E-state index is -0.427. The number of rotatable bonds is 7. The fraction of sp³-hybridized carbons (Fsp3) is 0.348. The fourth-order valence-corrected chi connectivity index (χ4v) is 4.56. The molecule has 3 aromatic rings. The van der Waals surface area contributed by atoms with Gasteiger partial charge < -0.3 is 10.2 Å². The number of hydrogen-bond donors (Lipinski definition) is 2. The van der Waals surface area contributed by atoms with Gasteiger partial charge in [0.25, 0.3) is 5.91 Å². The summed E-state index contributed by atoms with van der Waals surface area (Å²) >= 11 is 6.08. The average Bonchev–Trinajstić information content (AvgIpc) is 3.25. The van der Waals surface area contributed by atoms with Gasteiger partial charge in [-0.05, 0) is 62.3 Å². The Hall–Kier alpha value is -2.93. The van der Waals surface area contributed by atoms with Gasteiger partial charge in [-0.25, -0.2) is 4.39 Å². The summed E-state index contributed by atoms with van der Waals surface area (Å²) in [6.45, 7) is 0.526. The van der Waals surface area contributed by atoms with Crippen LogP contribution in [0.4, 0.5) is 10.1 Å². The van der Waals surface area contributed by atoms with E-state index >= 15 is 0 Å². The van der Waals surface area contributed by atoms with E-state index in [-0.39, 0.29) is 17.0 Å². The van der Waals surface area contributed by atoms with Crippen molar-refractivity contribution in [3.63, 3.8) is 0 Å². The highest BCUT2D eigenvalue weighted by molar-refractivity contribution is 6.33. The molecule has 162 valence electrons. The number of nitrogens with zero attached hydrogens (tertiary/aromatic N) is 2. The molecule has 6 nitrogen and oxygen atoms in total. The summed E-state index contributed by atoms with van der Waals surface area (Å²) in [6.07, 6.45) is 7.02. The quantitative estimate of drug-likeness (QED) is 0.521. The van der Waals surface area contributed by atoms with E-state index in [9.17, 15) is 14.0 Å². The lowest BCUT2D eigenvalue weighted by Gasteiger charge is -2.30. The van der Waals surface area contributed by atoms with Crippen LogP contribution < -0.4 is 10.2 Å². The van der Waals surface area contributed by atoms with Crippen LogP contribution in [-0.2, 0) is 4.79 Å². The fourth-order valence-electron chi connectivity index (χ4n) is 4.28. The molecule has 0 aliphatic heterocycles. The van der Waals surface area contributed by atoms with E-state index in [4.69, 9.17) is 11.6 Å². The molecule has 0 atom stereocenters. The summed E-state index contributed by atoms with van der Waals surface area (Å²) in [5.74, 6) is -0.0500. The smallest absolute Gasteiger partial charge is 0.253 e. The van der Waals surface area contributed by atoms with Crippen LogP contribution in [0.25, 0.3) is 10.9 Å². The molecule has 8 heteroatoms. The summed E-state index contributed by atoms with van der Waals surface area (Å²) in [5.41, 5.74) is 1.88. The van der Waals surface area contributed by atoms with Crippen molar-refractivity contribution in [1.29, 1.82) is 0 Å². The SMILES string of the molecule is O=CN(CC[C@H]1CC[C@@H](NC(=O)c2cccc3cn[nH]c23)CC1)c1ccc(F)cc1Cl. The highest BCUT2D eigenvalue weighted by atomic mass is 35.5. The largest absolute Gasteiger partial charge is 0.349 e. The van der Waals surface area contributed by atoms with Gasteiger partial charge in [-0.1, -0.05) is 23.7 Å². The third-order valence-corrected chi connectivity index (χ3v) is 6.33. The number of fused-ring (bicyclic) bond motifs is 1. The molecule has 0 radical (unpaired) electrons. The number of anilines is 1. The molecule has 2 N–H and O–H groups in total. The molecule has 4 rings (SSSR count). The van der Waals surface area contributed by atoms with Gasteiger partial charge in [-0.2, -0.15) is 5.10 Å². The Balaban J connectivity index is 1.28. The van der Waals surface area contributed by atoms with Gasteiger partial charge in [0.2, 0.25) is 6.41 Å². The number of benzene rings is 2. The third-order valence-electron chi connectivity index (χ3n) is 6.03. The molecule has 1 saturated carbocycles. The zero-order valence-electron chi connectivity index (χ0n) is 17.0. The number of aromatic nitrogens is 2. The van der Waals surface area contributed by atoms with Crippen molar-refractivity contribution in [2.24, 2.45) is 5.92 Å². The van der Waals surface area contributed by atoms with E-state index in [0.29, 0.717) is 23.7 Å². The number of para-hydroxylation sites is 1.